The van der Waals surface area contributed by atoms with Gasteiger partial charge in [-0.2, -0.15) is 0 Å². The highest BCUT2D eigenvalue weighted by Crippen LogP contribution is 2.10. The zero-order chi connectivity index (χ0) is 13.8. The van der Waals surface area contributed by atoms with Gasteiger partial charge in [0.05, 0.1) is 13.2 Å². The van der Waals surface area contributed by atoms with Crippen molar-refractivity contribution in [3.05, 3.63) is 52.3 Å². The van der Waals surface area contributed by atoms with Gasteiger partial charge in [0.15, 0.2) is 5.75 Å². The summed E-state index contributed by atoms with van der Waals surface area (Å²) < 4.78 is 11.7. The van der Waals surface area contributed by atoms with Crippen molar-refractivity contribution in [2.45, 2.75) is 13.5 Å². The lowest BCUT2D eigenvalue weighted by molar-refractivity contribution is 0.0660. The number of nitrogens with zero attached hydrogens (tertiary/aromatic N) is 1. The van der Waals surface area contributed by atoms with Crippen LogP contribution < -0.4 is 10.3 Å². The lowest BCUT2D eigenvalue weighted by Gasteiger charge is -2.06. The monoisotopic (exact) mass is 263 g/mol. The third kappa shape index (κ3) is 2.85. The first-order chi connectivity index (χ1) is 9.11. The molecule has 2 aromatic rings. The van der Waals surface area contributed by atoms with Crippen LogP contribution in [0, 0.1) is 0 Å². The lowest BCUT2D eigenvalue weighted by Crippen LogP contribution is -2.21. The van der Waals surface area contributed by atoms with E-state index in [1.165, 1.54) is 16.7 Å². The Morgan fingerprint density at radius 3 is 2.84 bits per heavy atom. The summed E-state index contributed by atoms with van der Waals surface area (Å²) >= 11 is 0. The Bertz CT molecular complexity index is 640. The Labute approximate surface area is 108 Å². The fraction of sp³-hybridized carbons (Fsp3) is 0.231. The summed E-state index contributed by atoms with van der Waals surface area (Å²) in [6.45, 7) is 2.36. The second-order valence-corrected chi connectivity index (χ2v) is 3.81. The van der Waals surface area contributed by atoms with Gasteiger partial charge in [0.25, 0.3) is 5.56 Å². The number of carboxylic acid groups (broad SMARTS) is 1. The van der Waals surface area contributed by atoms with Gasteiger partial charge in [0.1, 0.15) is 5.76 Å². The molecule has 0 atom stereocenters. The summed E-state index contributed by atoms with van der Waals surface area (Å²) in [5, 5.41) is 8.75. The first kappa shape index (κ1) is 12.9. The molecule has 0 aromatic carbocycles. The number of carbonyl (C=O) groups is 1. The van der Waals surface area contributed by atoms with Crippen molar-refractivity contribution in [3.63, 3.8) is 0 Å². The number of furan rings is 1. The van der Waals surface area contributed by atoms with Crippen LogP contribution in [0.15, 0.2) is 39.7 Å². The Hall–Kier alpha value is -2.50. The molecule has 0 fully saturated rings. The highest BCUT2D eigenvalue weighted by atomic mass is 16.5. The Balaban J connectivity index is 2.25. The van der Waals surface area contributed by atoms with E-state index in [-0.39, 0.29) is 23.6 Å². The lowest BCUT2D eigenvalue weighted by atomic mass is 10.4. The predicted molar refractivity (Wildman–Crippen MR) is 66.6 cm³/mol. The largest absolute Gasteiger partial charge is 0.488 e. The topological polar surface area (TPSA) is 81.7 Å². The van der Waals surface area contributed by atoms with Crippen LogP contribution in [0.4, 0.5) is 0 Å². The number of rotatable bonds is 5. The maximum absolute atomic E-state index is 12.0. The third-order valence-electron chi connectivity index (χ3n) is 2.48. The van der Waals surface area contributed by atoms with Crippen LogP contribution in [0.3, 0.4) is 0 Å². The maximum Gasteiger partial charge on any atom is 0.371 e. The van der Waals surface area contributed by atoms with Gasteiger partial charge in [-0.05, 0) is 31.2 Å². The molecule has 0 aliphatic heterocycles. The van der Waals surface area contributed by atoms with Gasteiger partial charge < -0.3 is 18.8 Å². The molecule has 0 saturated carbocycles. The number of hydrogen-bond donors (Lipinski definition) is 1. The molecule has 0 aliphatic carbocycles. The molecule has 100 valence electrons. The highest BCUT2D eigenvalue weighted by Gasteiger charge is 2.10. The molecule has 6 nitrogen and oxygen atoms in total. The van der Waals surface area contributed by atoms with E-state index in [1.807, 2.05) is 0 Å². The van der Waals surface area contributed by atoms with Crippen LogP contribution >= 0.6 is 0 Å². The van der Waals surface area contributed by atoms with Crippen molar-refractivity contribution in [2.75, 3.05) is 6.61 Å². The number of ether oxygens (including phenoxy) is 1. The van der Waals surface area contributed by atoms with Gasteiger partial charge in [-0.3, -0.25) is 4.79 Å². The van der Waals surface area contributed by atoms with Crippen molar-refractivity contribution in [3.8, 4) is 5.75 Å². The second-order valence-electron chi connectivity index (χ2n) is 3.81. The molecule has 19 heavy (non-hydrogen) atoms. The van der Waals surface area contributed by atoms with Gasteiger partial charge in [0.2, 0.25) is 5.76 Å². The van der Waals surface area contributed by atoms with E-state index in [1.54, 1.807) is 25.3 Å². The molecular weight excluding hydrogens is 250 g/mol. The molecule has 0 aliphatic rings. The summed E-state index contributed by atoms with van der Waals surface area (Å²) in [6, 6.07) is 6.17. The fourth-order valence-corrected chi connectivity index (χ4v) is 1.65. The summed E-state index contributed by atoms with van der Waals surface area (Å²) in [5.41, 5.74) is -0.280. The Morgan fingerprint density at radius 2 is 2.21 bits per heavy atom. The van der Waals surface area contributed by atoms with Gasteiger partial charge in [-0.1, -0.05) is 0 Å². The van der Waals surface area contributed by atoms with Gasteiger partial charge >= 0.3 is 5.97 Å². The highest BCUT2D eigenvalue weighted by molar-refractivity contribution is 5.84. The van der Waals surface area contributed by atoms with E-state index >= 15 is 0 Å². The van der Waals surface area contributed by atoms with Crippen molar-refractivity contribution >= 4 is 5.97 Å². The van der Waals surface area contributed by atoms with Crippen molar-refractivity contribution in [1.29, 1.82) is 0 Å². The summed E-state index contributed by atoms with van der Waals surface area (Å²) in [6.07, 6.45) is 1.59. The normalized spacial score (nSPS) is 10.4. The predicted octanol–water partition coefficient (Wildman–Crippen LogP) is 1.59. The van der Waals surface area contributed by atoms with E-state index in [4.69, 9.17) is 14.3 Å². The van der Waals surface area contributed by atoms with E-state index < -0.39 is 5.97 Å². The van der Waals surface area contributed by atoms with E-state index in [0.717, 1.165) is 0 Å². The fourth-order valence-electron chi connectivity index (χ4n) is 1.65. The number of carboxylic acids is 1. The molecule has 2 aromatic heterocycles. The van der Waals surface area contributed by atoms with Crippen LogP contribution in [0.2, 0.25) is 0 Å². The maximum atomic E-state index is 12.0. The minimum atomic E-state index is -1.14. The molecule has 6 heteroatoms. The molecule has 0 spiro atoms. The molecule has 0 bridgehead atoms. The van der Waals surface area contributed by atoms with Gasteiger partial charge in [0, 0.05) is 6.20 Å². The number of aromatic nitrogens is 1. The quantitative estimate of drug-likeness (QED) is 0.885. The van der Waals surface area contributed by atoms with Gasteiger partial charge in [-0.15, -0.1) is 0 Å². The van der Waals surface area contributed by atoms with E-state index in [2.05, 4.69) is 0 Å². The Morgan fingerprint density at radius 1 is 1.42 bits per heavy atom. The molecular formula is C13H13NO5. The second kappa shape index (κ2) is 5.43. The first-order valence-electron chi connectivity index (χ1n) is 5.76. The van der Waals surface area contributed by atoms with Crippen molar-refractivity contribution < 1.29 is 19.1 Å². The zero-order valence-corrected chi connectivity index (χ0v) is 10.3. The van der Waals surface area contributed by atoms with Crippen LogP contribution in [-0.2, 0) is 6.54 Å². The minimum absolute atomic E-state index is 0.149. The van der Waals surface area contributed by atoms with E-state index in [9.17, 15) is 9.59 Å². The summed E-state index contributed by atoms with van der Waals surface area (Å²) in [7, 11) is 0. The molecule has 0 unspecified atom stereocenters. The van der Waals surface area contributed by atoms with Gasteiger partial charge in [-0.25, -0.2) is 4.79 Å². The van der Waals surface area contributed by atoms with Crippen LogP contribution in [0.5, 0.6) is 5.75 Å². The van der Waals surface area contributed by atoms with Crippen molar-refractivity contribution in [1.82, 2.24) is 4.57 Å². The minimum Gasteiger partial charge on any atom is -0.488 e. The van der Waals surface area contributed by atoms with Crippen molar-refractivity contribution in [2.24, 2.45) is 0 Å². The number of hydrogen-bond acceptors (Lipinski definition) is 4. The average molecular weight is 263 g/mol. The number of pyridine rings is 1. The molecule has 0 amide bonds. The third-order valence-corrected chi connectivity index (χ3v) is 2.48. The molecule has 0 radical (unpaired) electrons. The van der Waals surface area contributed by atoms with E-state index in [0.29, 0.717) is 12.4 Å². The molecule has 2 heterocycles. The Kier molecular flexibility index (Phi) is 3.70. The first-order valence-corrected chi connectivity index (χ1v) is 5.76. The standard InChI is InChI=1S/C13H13NO5/c1-2-18-10-4-3-7-14(12(10)15)8-9-5-6-11(19-9)13(16)17/h3-7H,2,8H2,1H3,(H,16,17). The SMILES string of the molecule is CCOc1cccn(Cc2ccc(C(=O)O)o2)c1=O. The smallest absolute Gasteiger partial charge is 0.371 e. The van der Waals surface area contributed by atoms with Crippen LogP contribution in [0.25, 0.3) is 0 Å². The molecule has 1 N–H and O–H groups in total. The zero-order valence-electron chi connectivity index (χ0n) is 10.3. The van der Waals surface area contributed by atoms with Crippen LogP contribution in [0.1, 0.15) is 23.2 Å². The average Bonchev–Trinajstić information content (AvgIpc) is 2.83. The molecule has 0 saturated heterocycles. The van der Waals surface area contributed by atoms with Crippen LogP contribution in [-0.4, -0.2) is 22.2 Å². The number of aromatic carboxylic acids is 1. The summed E-state index contributed by atoms with van der Waals surface area (Å²) in [4.78, 5) is 22.7. The molecule has 2 rings (SSSR count). The summed E-state index contributed by atoms with van der Waals surface area (Å²) in [5.74, 6) is -0.631.